The van der Waals surface area contributed by atoms with Gasteiger partial charge in [-0.2, -0.15) is 0 Å². The van der Waals surface area contributed by atoms with Gasteiger partial charge in [-0.3, -0.25) is 48.1 Å². The minimum absolute atomic E-state index is 0.00963. The van der Waals surface area contributed by atoms with Crippen molar-refractivity contribution in [2.75, 3.05) is 158 Å². The van der Waals surface area contributed by atoms with Gasteiger partial charge in [0, 0.05) is 91.0 Å². The Balaban J connectivity index is 0.933. The van der Waals surface area contributed by atoms with E-state index in [4.69, 9.17) is 66.3 Å². The molecule has 147 heavy (non-hydrogen) atoms. The molecule has 7 heterocycles. The molecular weight excluding hydrogens is 1980 g/mol. The van der Waals surface area contributed by atoms with E-state index in [2.05, 4.69) is 31.9 Å². The summed E-state index contributed by atoms with van der Waals surface area (Å²) in [7, 11) is 0. The molecule has 0 aromatic rings. The Hall–Kier alpha value is -6.41. The maximum absolute atomic E-state index is 14.3. The number of nitrogens with one attached hydrogen (secondary N) is 6. The van der Waals surface area contributed by atoms with Crippen LogP contribution in [0.1, 0.15) is 122 Å². The number of nitrogens with zero attached hydrogens (tertiary/aromatic N) is 3. The van der Waals surface area contributed by atoms with Crippen LogP contribution in [0.3, 0.4) is 0 Å². The van der Waals surface area contributed by atoms with Crippen molar-refractivity contribution in [3.63, 3.8) is 0 Å². The first kappa shape index (κ1) is 127. The number of aliphatic carboxylic acids is 1. The summed E-state index contributed by atoms with van der Waals surface area (Å²) < 4.78 is 77.8. The predicted molar refractivity (Wildman–Crippen MR) is 486 cm³/mol. The first-order valence-corrected chi connectivity index (χ1v) is 49.5. The lowest BCUT2D eigenvalue weighted by Gasteiger charge is -2.46. The highest BCUT2D eigenvalue weighted by Crippen LogP contribution is 2.34. The predicted octanol–water partition coefficient (Wildman–Crippen LogP) is -17.8. The second kappa shape index (κ2) is 66.6. The molecule has 0 spiro atoms. The zero-order chi connectivity index (χ0) is 108. The van der Waals surface area contributed by atoms with Gasteiger partial charge in [0.1, 0.15) is 177 Å². The number of unbranched alkanes of at least 4 members (excludes halogenated alkanes) is 8. The number of rotatable bonds is 67. The number of carboxylic acids is 1. The van der Waals surface area contributed by atoms with E-state index in [9.17, 15) is 181 Å². The highest BCUT2D eigenvalue weighted by Gasteiger charge is 2.54. The summed E-state index contributed by atoms with van der Waals surface area (Å²) in [5, 5.41) is 294. The summed E-state index contributed by atoms with van der Waals surface area (Å²) in [6, 6.07) is -1.26. The molecule has 0 saturated carbocycles. The van der Waals surface area contributed by atoms with Crippen molar-refractivity contribution in [3.05, 3.63) is 0 Å². The van der Waals surface area contributed by atoms with E-state index in [-0.39, 0.29) is 182 Å². The molecule has 59 nitrogen and oxygen atoms in total. The number of carboxylic acid groups (broad SMARTS) is 1. The molecular formula is C88H155N9O50. The topological polar surface area (TPSA) is 911 Å². The van der Waals surface area contributed by atoms with Gasteiger partial charge in [-0.15, -0.1) is 0 Å². The summed E-state index contributed by atoms with van der Waals surface area (Å²) in [5.41, 5.74) is 0. The Morgan fingerprint density at radius 3 is 0.912 bits per heavy atom. The minimum Gasteiger partial charge on any atom is -0.481 e. The highest BCUT2D eigenvalue weighted by molar-refractivity contribution is 5.89. The maximum Gasteiger partial charge on any atom is 0.303 e. The van der Waals surface area contributed by atoms with Crippen molar-refractivity contribution in [1.29, 1.82) is 0 Å². The molecule has 59 heteroatoms. The molecule has 7 aliphatic heterocycles. The van der Waals surface area contributed by atoms with Crippen LogP contribution in [0, 0.1) is 0 Å². The van der Waals surface area contributed by atoms with Crippen molar-refractivity contribution < 1.29 is 247 Å². The van der Waals surface area contributed by atoms with E-state index < -0.39 is 340 Å². The number of ether oxygens (including phenoxy) is 14. The zero-order valence-electron chi connectivity index (χ0n) is 81.5. The molecule has 7 aliphatic rings. The summed E-state index contributed by atoms with van der Waals surface area (Å²) in [6.07, 6.45) is -56.4. The van der Waals surface area contributed by atoms with Crippen LogP contribution in [0.15, 0.2) is 0 Å². The number of carbonyl (C=O) groups is 9. The molecule has 0 bridgehead atoms. The Morgan fingerprint density at radius 1 is 0.265 bits per heavy atom. The van der Waals surface area contributed by atoms with Gasteiger partial charge in [-0.1, -0.05) is 19.3 Å². The summed E-state index contributed by atoms with van der Waals surface area (Å²) in [6.45, 7) is -10.1. The lowest BCUT2D eigenvalue weighted by molar-refractivity contribution is -0.366. The molecule has 7 saturated heterocycles. The van der Waals surface area contributed by atoms with Gasteiger partial charge in [0.15, 0.2) is 44.0 Å². The molecule has 36 atom stereocenters. The number of hydrogen-bond donors (Lipinski definition) is 33. The molecule has 0 aromatic heterocycles. The minimum atomic E-state index is -2.00. The van der Waals surface area contributed by atoms with Gasteiger partial charge >= 0.3 is 5.97 Å². The van der Waals surface area contributed by atoms with Crippen LogP contribution in [-0.2, 0) is 109 Å². The number of aliphatic hydroxyl groups is 26. The smallest absolute Gasteiger partial charge is 0.303 e. The van der Waals surface area contributed by atoms with Crippen LogP contribution >= 0.6 is 0 Å². The monoisotopic (exact) mass is 2140 g/mol. The average molecular weight is 2140 g/mol. The first-order chi connectivity index (χ1) is 70.1. The number of carbonyl (C=O) groups excluding carboxylic acids is 8. The molecule has 33 N–H and O–H groups in total. The van der Waals surface area contributed by atoms with Gasteiger partial charge in [0.25, 0.3) is 0 Å². The largest absolute Gasteiger partial charge is 0.481 e. The normalized spacial score (nSPS) is 33.8. The van der Waals surface area contributed by atoms with Crippen molar-refractivity contribution in [1.82, 2.24) is 46.6 Å². The van der Waals surface area contributed by atoms with E-state index >= 15 is 0 Å². The van der Waals surface area contributed by atoms with Crippen LogP contribution in [0.5, 0.6) is 0 Å². The number of amides is 8. The van der Waals surface area contributed by atoms with Crippen LogP contribution in [0.2, 0.25) is 0 Å². The molecule has 0 aliphatic carbocycles. The van der Waals surface area contributed by atoms with Crippen LogP contribution in [0.4, 0.5) is 0 Å². The molecule has 852 valence electrons. The quantitative estimate of drug-likeness (QED) is 0.0251. The Kier molecular flexibility index (Phi) is 57.8. The van der Waals surface area contributed by atoms with Crippen LogP contribution < -0.4 is 31.9 Å². The first-order valence-electron chi connectivity index (χ1n) is 49.5. The average Bonchev–Trinajstić information content (AvgIpc) is 0.749. The fourth-order valence-electron chi connectivity index (χ4n) is 16.8. The van der Waals surface area contributed by atoms with Gasteiger partial charge in [0.2, 0.25) is 47.3 Å². The zero-order valence-corrected chi connectivity index (χ0v) is 81.5. The summed E-state index contributed by atoms with van der Waals surface area (Å²) in [5.74, 6) is -5.79. The Morgan fingerprint density at radius 2 is 0.551 bits per heavy atom. The van der Waals surface area contributed by atoms with Crippen molar-refractivity contribution in [3.8, 4) is 0 Å². The SMILES string of the molecule is O=C(O)CCCCCNC(=O)[C@@H](CCCCNC(=O)CCCCC(=O)NCCO[C@@H]1O[C@H](CO[C@H]2O[C@H](CO)[C@@H](O)[C@H](O)[C@@H]2O)[C@@H](O)[C@H](O[C@H]2O[C@H](CO)[C@@H](O)[C@H](O)[C@@H]2O)[C@H]1O)NC(=O)CN(CC(=O)NCCCCCC(=O)N(CCO[C@H]1O[C@H](CO)[C@@H](O)[C@H](O)[C@@H]1O)CCO[C@H]1O[C@H](CO)[C@@H](O)[C@H](O)[C@@H]1O)CC(=O)NCCCCCC(=O)N(CCO[C@H]1O[C@H](CO)[C@@H](O)[C@H](O)[C@@H]1O)CCO[C@H]1O[C@H](CO)[C@@H](O)[C@H](O)[C@@H]1O. The molecule has 8 amide bonds. The molecule has 0 radical (unpaired) electrons. The van der Waals surface area contributed by atoms with Crippen LogP contribution in [-0.4, -0.2) is 585 Å². The second-order valence-corrected chi connectivity index (χ2v) is 36.7. The maximum atomic E-state index is 14.3. The fourth-order valence-corrected chi connectivity index (χ4v) is 16.8. The van der Waals surface area contributed by atoms with Crippen molar-refractivity contribution in [2.45, 2.75) is 343 Å². The third-order valence-corrected chi connectivity index (χ3v) is 25.6. The van der Waals surface area contributed by atoms with E-state index in [1.54, 1.807) is 0 Å². The van der Waals surface area contributed by atoms with Crippen LogP contribution in [0.25, 0.3) is 0 Å². The van der Waals surface area contributed by atoms with E-state index in [0.717, 1.165) is 0 Å². The Labute approximate surface area is 845 Å². The third-order valence-electron chi connectivity index (χ3n) is 25.6. The molecule has 7 rings (SSSR count). The summed E-state index contributed by atoms with van der Waals surface area (Å²) in [4.78, 5) is 125. The standard InChI is InChI=1S/C88H155N9O50/c98-37-45-60(113)67(120)73(126)82(140-45)135-30-25-96(26-31-136-83-74(127)68(121)61(114)46(38-99)141-83)57(109)17-4-1-10-20-90-54(106)34-95(35-55(107)91-21-11-2-5-18-58(110)97(27-32-137-84-75(128)69(122)62(115)47(39-100)142-84)28-33-138-85-76(129)70(123)63(116)48(40-101)143-85)36-56(108)94-44(81(133)93-23-12-3-6-19-59(111)112)14-9-13-22-89-52(104)15-7-8-16-53(105)92-24-29-134-87-79(132)80(147-88-78(131)72(125)65(118)50(42-103)145-88)66(119)51(146-87)43-139-86-77(130)71(124)64(117)49(41-102)144-86/h44-51,60-80,82-88,98-103,113-132H,1-43H2,(H,89,104)(H,90,106)(H,91,107)(H,92,105)(H,93,133)(H,94,108)(H,111,112)/t44-,45-,46-,47-,48-,49-,50-,51-,60-,61-,62-,63-,64-,65-,66-,67+,68+,69+,70+,71+,72+,73+,74+,75+,76+,77+,78+,79-,80+,82+,83+,84+,85+,86+,87-,88-/m1/s1. The van der Waals surface area contributed by atoms with Gasteiger partial charge < -0.3 is 246 Å². The summed E-state index contributed by atoms with van der Waals surface area (Å²) >= 11 is 0. The van der Waals surface area contributed by atoms with Crippen molar-refractivity contribution >= 4 is 53.2 Å². The Bertz CT molecular complexity index is 3600. The molecule has 0 aromatic carbocycles. The lowest BCUT2D eigenvalue weighted by Crippen LogP contribution is -2.65. The number of aliphatic hydroxyl groups excluding tert-OH is 26. The molecule has 0 unspecified atom stereocenters. The number of hydrogen-bond acceptors (Lipinski definition) is 50. The lowest BCUT2D eigenvalue weighted by atomic mass is 9.96. The van der Waals surface area contributed by atoms with Crippen molar-refractivity contribution in [2.24, 2.45) is 0 Å². The second-order valence-electron chi connectivity index (χ2n) is 36.7. The highest BCUT2D eigenvalue weighted by atomic mass is 16.8. The van der Waals surface area contributed by atoms with Gasteiger partial charge in [0.05, 0.1) is 98.9 Å². The van der Waals surface area contributed by atoms with E-state index in [1.165, 1.54) is 14.7 Å². The van der Waals surface area contributed by atoms with Gasteiger partial charge in [-0.25, -0.2) is 0 Å². The third kappa shape index (κ3) is 40.5. The fraction of sp³-hybridized carbons (Fsp3) is 0.898. The van der Waals surface area contributed by atoms with E-state index in [0.29, 0.717) is 32.1 Å². The molecule has 7 fully saturated rings. The van der Waals surface area contributed by atoms with Gasteiger partial charge in [-0.05, 0) is 70.6 Å². The van der Waals surface area contributed by atoms with E-state index in [1.807, 2.05) is 0 Å².